The number of hydrogen-bond acceptors (Lipinski definition) is 6. The molecule has 0 aliphatic carbocycles. The zero-order valence-electron chi connectivity index (χ0n) is 17.5. The molecule has 1 saturated heterocycles. The normalized spacial score (nSPS) is 15.3. The number of likely N-dealkylation sites (tertiary alicyclic amines) is 1. The summed E-state index contributed by atoms with van der Waals surface area (Å²) in [5.74, 6) is 0.165. The van der Waals surface area contributed by atoms with Crippen molar-refractivity contribution in [3.63, 3.8) is 0 Å². The van der Waals surface area contributed by atoms with Gasteiger partial charge in [-0.25, -0.2) is 14.5 Å². The summed E-state index contributed by atoms with van der Waals surface area (Å²) in [4.78, 5) is 52.0. The third-order valence-electron chi connectivity index (χ3n) is 6.25. The summed E-state index contributed by atoms with van der Waals surface area (Å²) in [6, 6.07) is 1.93. The summed E-state index contributed by atoms with van der Waals surface area (Å²) in [5.41, 5.74) is 3.36. The molecule has 10 heteroatoms. The first-order valence-electron chi connectivity index (χ1n) is 10.2. The lowest BCUT2D eigenvalue weighted by molar-refractivity contribution is 0.0716. The van der Waals surface area contributed by atoms with Crippen LogP contribution in [0.5, 0.6) is 0 Å². The Hall–Kier alpha value is -3.27. The molecule has 1 aliphatic heterocycles. The number of carbonyl (C=O) groups excluding carboxylic acids is 1. The fourth-order valence-electron chi connectivity index (χ4n) is 4.27. The van der Waals surface area contributed by atoms with Crippen LogP contribution in [-0.4, -0.2) is 48.5 Å². The second kappa shape index (κ2) is 7.16. The van der Waals surface area contributed by atoms with Crippen LogP contribution in [0.1, 0.15) is 50.9 Å². The molecule has 0 spiro atoms. The van der Waals surface area contributed by atoms with Crippen molar-refractivity contribution in [2.45, 2.75) is 39.5 Å². The molecular weight excluding hydrogens is 416 g/mol. The van der Waals surface area contributed by atoms with Crippen LogP contribution < -0.4 is 11.1 Å². The van der Waals surface area contributed by atoms with Gasteiger partial charge in [-0.05, 0) is 39.2 Å². The van der Waals surface area contributed by atoms with E-state index in [1.807, 2.05) is 17.9 Å². The fourth-order valence-corrected chi connectivity index (χ4v) is 5.38. The van der Waals surface area contributed by atoms with Gasteiger partial charge in [0.2, 0.25) is 0 Å². The molecule has 1 fully saturated rings. The minimum Gasteiger partial charge on any atom is -0.338 e. The van der Waals surface area contributed by atoms with E-state index in [1.165, 1.54) is 22.2 Å². The van der Waals surface area contributed by atoms with Gasteiger partial charge in [-0.3, -0.25) is 19.5 Å². The van der Waals surface area contributed by atoms with Gasteiger partial charge < -0.3 is 9.88 Å². The quantitative estimate of drug-likeness (QED) is 0.498. The second-order valence-corrected chi connectivity index (χ2v) is 9.07. The van der Waals surface area contributed by atoms with Crippen molar-refractivity contribution >= 4 is 33.1 Å². The number of H-pyrrole nitrogens is 2. The maximum absolute atomic E-state index is 13.1. The highest BCUT2D eigenvalue weighted by molar-refractivity contribution is 7.20. The maximum Gasteiger partial charge on any atom is 0.275 e. The number of nitrogens with one attached hydrogen (secondary N) is 2. The smallest absolute Gasteiger partial charge is 0.275 e. The molecule has 31 heavy (non-hydrogen) atoms. The van der Waals surface area contributed by atoms with Crippen molar-refractivity contribution in [3.8, 4) is 0 Å². The Balaban J connectivity index is 1.37. The van der Waals surface area contributed by atoms with E-state index in [1.54, 1.807) is 13.8 Å². The summed E-state index contributed by atoms with van der Waals surface area (Å²) in [7, 11) is 0. The van der Waals surface area contributed by atoms with Crippen molar-refractivity contribution in [2.24, 2.45) is 0 Å². The van der Waals surface area contributed by atoms with Gasteiger partial charge in [-0.2, -0.15) is 0 Å². The van der Waals surface area contributed by atoms with E-state index < -0.39 is 0 Å². The Bertz CT molecular complexity index is 1450. The van der Waals surface area contributed by atoms with Crippen LogP contribution in [0, 0.1) is 20.8 Å². The third-order valence-corrected chi connectivity index (χ3v) is 7.44. The molecule has 0 aromatic carbocycles. The van der Waals surface area contributed by atoms with E-state index in [0.29, 0.717) is 45.0 Å². The molecule has 2 N–H and O–H groups in total. The third kappa shape index (κ3) is 3.09. The van der Waals surface area contributed by atoms with E-state index in [4.69, 9.17) is 0 Å². The number of carbonyl (C=O) groups is 1. The van der Waals surface area contributed by atoms with E-state index in [0.717, 1.165) is 24.2 Å². The highest BCUT2D eigenvalue weighted by Gasteiger charge is 2.28. The lowest BCUT2D eigenvalue weighted by Crippen LogP contribution is -2.38. The average molecular weight is 439 g/mol. The predicted octanol–water partition coefficient (Wildman–Crippen LogP) is 2.27. The molecule has 5 heterocycles. The van der Waals surface area contributed by atoms with Crippen LogP contribution in [0.25, 0.3) is 15.9 Å². The molecule has 0 bridgehead atoms. The van der Waals surface area contributed by atoms with E-state index in [9.17, 15) is 14.4 Å². The van der Waals surface area contributed by atoms with Crippen molar-refractivity contribution in [2.75, 3.05) is 13.1 Å². The van der Waals surface area contributed by atoms with Gasteiger partial charge in [0.25, 0.3) is 17.0 Å². The molecule has 160 valence electrons. The van der Waals surface area contributed by atoms with Crippen molar-refractivity contribution in [3.05, 3.63) is 60.5 Å². The fraction of sp³-hybridized carbons (Fsp3) is 0.381. The van der Waals surface area contributed by atoms with Gasteiger partial charge in [-0.15, -0.1) is 11.3 Å². The molecule has 9 nitrogen and oxygen atoms in total. The Morgan fingerprint density at radius 1 is 1.16 bits per heavy atom. The standard InChI is InChI=1S/C21H22N6O3S/c1-10-12(3)24-15-8-14(25-27(15)20(10)29)13-4-6-26(7-5-13)21(30)17-11(2)16-18(28)22-9-23-19(16)31-17/h8-9,13,25H,4-7H2,1-3H3,(H,22,23,28). The molecule has 0 unspecified atom stereocenters. The van der Waals surface area contributed by atoms with Gasteiger partial charge in [-0.1, -0.05) is 0 Å². The summed E-state index contributed by atoms with van der Waals surface area (Å²) in [5, 5.41) is 3.70. The monoisotopic (exact) mass is 438 g/mol. The zero-order chi connectivity index (χ0) is 21.9. The van der Waals surface area contributed by atoms with Crippen molar-refractivity contribution in [1.29, 1.82) is 0 Å². The number of aromatic nitrogens is 5. The summed E-state index contributed by atoms with van der Waals surface area (Å²) < 4.78 is 1.50. The summed E-state index contributed by atoms with van der Waals surface area (Å²) in [6.45, 7) is 6.64. The number of aromatic amines is 2. The number of piperidine rings is 1. The number of aryl methyl sites for hydroxylation is 2. The van der Waals surface area contributed by atoms with Crippen molar-refractivity contribution in [1.82, 2.24) is 29.5 Å². The van der Waals surface area contributed by atoms with Gasteiger partial charge in [0.1, 0.15) is 4.83 Å². The first-order chi connectivity index (χ1) is 14.8. The number of thiophene rings is 1. The molecular formula is C21H22N6O3S. The highest BCUT2D eigenvalue weighted by Crippen LogP contribution is 2.31. The molecule has 0 saturated carbocycles. The minimum absolute atomic E-state index is 0.0564. The highest BCUT2D eigenvalue weighted by atomic mass is 32.1. The maximum atomic E-state index is 13.1. The first-order valence-corrected chi connectivity index (χ1v) is 11.0. The lowest BCUT2D eigenvalue weighted by atomic mass is 9.93. The minimum atomic E-state index is -0.218. The molecule has 5 rings (SSSR count). The topological polar surface area (TPSA) is 116 Å². The number of nitrogens with zero attached hydrogens (tertiary/aromatic N) is 4. The lowest BCUT2D eigenvalue weighted by Gasteiger charge is -2.31. The van der Waals surface area contributed by atoms with Crippen LogP contribution in [0.3, 0.4) is 0 Å². The molecule has 1 amide bonds. The second-order valence-electron chi connectivity index (χ2n) is 8.07. The molecule has 1 aliphatic rings. The van der Waals surface area contributed by atoms with Crippen LogP contribution >= 0.6 is 11.3 Å². The number of hydrogen-bond donors (Lipinski definition) is 2. The predicted molar refractivity (Wildman–Crippen MR) is 118 cm³/mol. The largest absolute Gasteiger partial charge is 0.338 e. The Morgan fingerprint density at radius 3 is 2.61 bits per heavy atom. The number of fused-ring (bicyclic) bond motifs is 2. The van der Waals surface area contributed by atoms with Crippen LogP contribution in [0.2, 0.25) is 0 Å². The van der Waals surface area contributed by atoms with Crippen LogP contribution in [0.4, 0.5) is 0 Å². The van der Waals surface area contributed by atoms with Crippen LogP contribution in [0.15, 0.2) is 22.0 Å². The van der Waals surface area contributed by atoms with Gasteiger partial charge in [0.05, 0.1) is 16.6 Å². The van der Waals surface area contributed by atoms with E-state index in [-0.39, 0.29) is 22.9 Å². The molecule has 0 atom stereocenters. The average Bonchev–Trinajstić information content (AvgIpc) is 3.34. The molecule has 4 aromatic rings. The number of rotatable bonds is 2. The molecule has 0 radical (unpaired) electrons. The van der Waals surface area contributed by atoms with Gasteiger partial charge in [0.15, 0.2) is 5.65 Å². The Morgan fingerprint density at radius 2 is 1.90 bits per heavy atom. The summed E-state index contributed by atoms with van der Waals surface area (Å²) in [6.07, 6.45) is 2.94. The van der Waals surface area contributed by atoms with Crippen molar-refractivity contribution < 1.29 is 4.79 Å². The SMILES string of the molecule is Cc1nc2cc(C3CCN(C(=O)c4sc5nc[nH]c(=O)c5c4C)CC3)[nH]n2c(=O)c1C. The van der Waals surface area contributed by atoms with Gasteiger partial charge >= 0.3 is 0 Å². The van der Waals surface area contributed by atoms with E-state index in [2.05, 4.69) is 20.1 Å². The van der Waals surface area contributed by atoms with Crippen LogP contribution in [-0.2, 0) is 0 Å². The Kier molecular flexibility index (Phi) is 4.54. The molecule has 4 aromatic heterocycles. The number of amides is 1. The summed E-state index contributed by atoms with van der Waals surface area (Å²) >= 11 is 1.27. The Labute approximate surface area is 180 Å². The zero-order valence-corrected chi connectivity index (χ0v) is 18.3. The van der Waals surface area contributed by atoms with Gasteiger partial charge in [0, 0.05) is 42.0 Å². The first kappa shape index (κ1) is 19.7. The van der Waals surface area contributed by atoms with E-state index >= 15 is 0 Å².